The van der Waals surface area contributed by atoms with Gasteiger partial charge in [0.05, 0.1) is 11.8 Å². The molecule has 0 radical (unpaired) electrons. The molecule has 0 aromatic carbocycles. The number of esters is 2. The second kappa shape index (κ2) is 2.98. The van der Waals surface area contributed by atoms with Gasteiger partial charge < -0.3 is 4.74 Å². The molecule has 1 aliphatic carbocycles. The molecule has 0 spiro atoms. The van der Waals surface area contributed by atoms with Crippen LogP contribution in [0.3, 0.4) is 0 Å². The predicted octanol–water partition coefficient (Wildman–Crippen LogP) is 1.43. The molecule has 1 saturated heterocycles. The Labute approximate surface area is 76.8 Å². The maximum atomic E-state index is 11.2. The molecule has 2 unspecified atom stereocenters. The van der Waals surface area contributed by atoms with Gasteiger partial charge in [-0.15, -0.1) is 0 Å². The van der Waals surface area contributed by atoms with Gasteiger partial charge in [0.15, 0.2) is 0 Å². The SMILES string of the molecule is CC1=CCC2C(=O)OC(=O)C2CC1. The first kappa shape index (κ1) is 8.48. The van der Waals surface area contributed by atoms with Gasteiger partial charge in [-0.25, -0.2) is 0 Å². The quantitative estimate of drug-likeness (QED) is 0.322. The third-order valence-electron chi connectivity index (χ3n) is 2.86. The normalized spacial score (nSPS) is 33.5. The zero-order chi connectivity index (χ0) is 9.42. The van der Waals surface area contributed by atoms with Crippen LogP contribution in [0.4, 0.5) is 0 Å². The van der Waals surface area contributed by atoms with Crippen molar-refractivity contribution in [2.24, 2.45) is 11.8 Å². The van der Waals surface area contributed by atoms with Gasteiger partial charge in [-0.1, -0.05) is 11.6 Å². The molecule has 3 nitrogen and oxygen atoms in total. The fourth-order valence-corrected chi connectivity index (χ4v) is 1.97. The van der Waals surface area contributed by atoms with Gasteiger partial charge in [0, 0.05) is 0 Å². The molecule has 0 saturated carbocycles. The van der Waals surface area contributed by atoms with Gasteiger partial charge in [-0.05, 0) is 26.2 Å². The van der Waals surface area contributed by atoms with Crippen LogP contribution in [0.5, 0.6) is 0 Å². The van der Waals surface area contributed by atoms with E-state index in [1.54, 1.807) is 0 Å². The minimum Gasteiger partial charge on any atom is -0.393 e. The van der Waals surface area contributed by atoms with Crippen LogP contribution in [0.25, 0.3) is 0 Å². The summed E-state index contributed by atoms with van der Waals surface area (Å²) in [5.74, 6) is -1.04. The van der Waals surface area contributed by atoms with Gasteiger partial charge in [0.1, 0.15) is 0 Å². The van der Waals surface area contributed by atoms with Gasteiger partial charge in [-0.3, -0.25) is 9.59 Å². The van der Waals surface area contributed by atoms with Crippen molar-refractivity contribution in [2.45, 2.75) is 26.2 Å². The van der Waals surface area contributed by atoms with E-state index in [2.05, 4.69) is 4.74 Å². The van der Waals surface area contributed by atoms with Crippen LogP contribution < -0.4 is 0 Å². The van der Waals surface area contributed by atoms with E-state index in [0.29, 0.717) is 6.42 Å². The lowest BCUT2D eigenvalue weighted by Crippen LogP contribution is -2.15. The summed E-state index contributed by atoms with van der Waals surface area (Å²) in [6.45, 7) is 2.04. The summed E-state index contributed by atoms with van der Waals surface area (Å²) < 4.78 is 4.59. The van der Waals surface area contributed by atoms with E-state index < -0.39 is 0 Å². The molecule has 1 fully saturated rings. The van der Waals surface area contributed by atoms with Crippen molar-refractivity contribution in [3.8, 4) is 0 Å². The number of allylic oxidation sites excluding steroid dienone is 2. The third kappa shape index (κ3) is 1.39. The molecule has 2 rings (SSSR count). The molecule has 13 heavy (non-hydrogen) atoms. The van der Waals surface area contributed by atoms with E-state index in [1.165, 1.54) is 5.57 Å². The maximum absolute atomic E-state index is 11.2. The standard InChI is InChI=1S/C10H12O3/c1-6-2-4-7-8(5-3-6)10(12)13-9(7)11/h2,7-8H,3-5H2,1H3. The highest BCUT2D eigenvalue weighted by molar-refractivity contribution is 5.96. The molecule has 3 heteroatoms. The lowest BCUT2D eigenvalue weighted by molar-refractivity contribution is -0.153. The minimum absolute atomic E-state index is 0.179. The molecule has 1 heterocycles. The highest BCUT2D eigenvalue weighted by Crippen LogP contribution is 2.34. The predicted molar refractivity (Wildman–Crippen MR) is 45.7 cm³/mol. The fraction of sp³-hybridized carbons (Fsp3) is 0.600. The molecule has 0 aromatic rings. The average Bonchev–Trinajstić information content (AvgIpc) is 2.27. The Hall–Kier alpha value is -1.12. The Morgan fingerprint density at radius 3 is 2.77 bits per heavy atom. The van der Waals surface area contributed by atoms with Crippen molar-refractivity contribution in [1.29, 1.82) is 0 Å². The Morgan fingerprint density at radius 2 is 2.00 bits per heavy atom. The van der Waals surface area contributed by atoms with E-state index in [4.69, 9.17) is 0 Å². The largest absolute Gasteiger partial charge is 0.393 e. The second-order valence-electron chi connectivity index (χ2n) is 3.78. The summed E-state index contributed by atoms with van der Waals surface area (Å²) in [7, 11) is 0. The Bertz CT molecular complexity index is 291. The molecule has 0 aromatic heterocycles. The van der Waals surface area contributed by atoms with Gasteiger partial charge in [0.2, 0.25) is 0 Å². The number of carbonyl (C=O) groups excluding carboxylic acids is 2. The molecular formula is C10H12O3. The van der Waals surface area contributed by atoms with Crippen molar-refractivity contribution in [1.82, 2.24) is 0 Å². The van der Waals surface area contributed by atoms with Crippen LogP contribution >= 0.6 is 0 Å². The number of hydrogen-bond acceptors (Lipinski definition) is 3. The Kier molecular flexibility index (Phi) is 1.94. The number of fused-ring (bicyclic) bond motifs is 1. The lowest BCUT2D eigenvalue weighted by Gasteiger charge is -2.06. The second-order valence-corrected chi connectivity index (χ2v) is 3.78. The summed E-state index contributed by atoms with van der Waals surface area (Å²) in [4.78, 5) is 22.4. The minimum atomic E-state index is -0.332. The van der Waals surface area contributed by atoms with Crippen LogP contribution in [-0.4, -0.2) is 11.9 Å². The molecule has 2 aliphatic rings. The fourth-order valence-electron chi connectivity index (χ4n) is 1.97. The van der Waals surface area contributed by atoms with Crippen molar-refractivity contribution in [3.63, 3.8) is 0 Å². The number of cyclic esters (lactones) is 2. The number of carbonyl (C=O) groups is 2. The summed E-state index contributed by atoms with van der Waals surface area (Å²) in [6, 6.07) is 0. The first-order chi connectivity index (χ1) is 6.18. The third-order valence-corrected chi connectivity index (χ3v) is 2.86. The molecule has 0 bridgehead atoms. The molecule has 2 atom stereocenters. The topological polar surface area (TPSA) is 43.4 Å². The zero-order valence-corrected chi connectivity index (χ0v) is 7.58. The number of ether oxygens (including phenoxy) is 1. The van der Waals surface area contributed by atoms with Crippen molar-refractivity contribution in [2.75, 3.05) is 0 Å². The van der Waals surface area contributed by atoms with Crippen molar-refractivity contribution >= 4 is 11.9 Å². The molecule has 70 valence electrons. The zero-order valence-electron chi connectivity index (χ0n) is 7.58. The van der Waals surface area contributed by atoms with Crippen LogP contribution in [0, 0.1) is 11.8 Å². The highest BCUT2D eigenvalue weighted by Gasteiger charge is 2.43. The van der Waals surface area contributed by atoms with Gasteiger partial charge in [-0.2, -0.15) is 0 Å². The molecule has 0 N–H and O–H groups in total. The van der Waals surface area contributed by atoms with Crippen molar-refractivity contribution < 1.29 is 14.3 Å². The van der Waals surface area contributed by atoms with E-state index in [1.807, 2.05) is 13.0 Å². The summed E-state index contributed by atoms with van der Waals surface area (Å²) in [6.07, 6.45) is 4.38. The van der Waals surface area contributed by atoms with Gasteiger partial charge >= 0.3 is 11.9 Å². The van der Waals surface area contributed by atoms with Crippen LogP contribution in [0.1, 0.15) is 26.2 Å². The van der Waals surface area contributed by atoms with E-state index in [0.717, 1.165) is 12.8 Å². The van der Waals surface area contributed by atoms with Gasteiger partial charge in [0.25, 0.3) is 0 Å². The molecular weight excluding hydrogens is 168 g/mol. The van der Waals surface area contributed by atoms with E-state index >= 15 is 0 Å². The van der Waals surface area contributed by atoms with E-state index in [-0.39, 0.29) is 23.8 Å². The first-order valence-electron chi connectivity index (χ1n) is 4.59. The van der Waals surface area contributed by atoms with Crippen molar-refractivity contribution in [3.05, 3.63) is 11.6 Å². The first-order valence-corrected chi connectivity index (χ1v) is 4.59. The van der Waals surface area contributed by atoms with Crippen LogP contribution in [-0.2, 0) is 14.3 Å². The number of rotatable bonds is 0. The molecule has 0 amide bonds. The average molecular weight is 180 g/mol. The van der Waals surface area contributed by atoms with Crippen LogP contribution in [0.2, 0.25) is 0 Å². The highest BCUT2D eigenvalue weighted by atomic mass is 16.6. The summed E-state index contributed by atoms with van der Waals surface area (Å²) >= 11 is 0. The number of hydrogen-bond donors (Lipinski definition) is 0. The lowest BCUT2D eigenvalue weighted by atomic mass is 9.90. The summed E-state index contributed by atoms with van der Waals surface area (Å²) in [5, 5.41) is 0. The Balaban J connectivity index is 2.22. The molecule has 1 aliphatic heterocycles. The maximum Gasteiger partial charge on any atom is 0.317 e. The summed E-state index contributed by atoms with van der Waals surface area (Å²) in [5.41, 5.74) is 1.27. The monoisotopic (exact) mass is 180 g/mol. The smallest absolute Gasteiger partial charge is 0.317 e. The van der Waals surface area contributed by atoms with E-state index in [9.17, 15) is 9.59 Å². The Morgan fingerprint density at radius 1 is 1.31 bits per heavy atom. The van der Waals surface area contributed by atoms with Crippen LogP contribution in [0.15, 0.2) is 11.6 Å².